The Balaban J connectivity index is 2.28. The average Bonchev–Trinajstić information content (AvgIpc) is 2.59. The molecule has 0 aromatic heterocycles. The van der Waals surface area contributed by atoms with E-state index in [1.54, 1.807) is 22.5 Å². The Kier molecular flexibility index (Phi) is 6.82. The number of benzene rings is 1. The van der Waals surface area contributed by atoms with Gasteiger partial charge in [0.05, 0.1) is 10.5 Å². The number of ether oxygens (including phenoxy) is 1. The van der Waals surface area contributed by atoms with Crippen molar-refractivity contribution in [1.29, 1.82) is 0 Å². The van der Waals surface area contributed by atoms with Crippen molar-refractivity contribution in [3.05, 3.63) is 29.8 Å². The van der Waals surface area contributed by atoms with Crippen molar-refractivity contribution in [3.63, 3.8) is 0 Å². The average molecular weight is 383 g/mol. The molecule has 146 valence electrons. The normalized spacial score (nSPS) is 20.1. The Hall–Kier alpha value is -1.44. The number of amides is 1. The fourth-order valence-corrected chi connectivity index (χ4v) is 5.05. The van der Waals surface area contributed by atoms with E-state index < -0.39 is 10.0 Å². The Labute approximate surface area is 157 Å². The zero-order valence-corrected chi connectivity index (χ0v) is 16.9. The Morgan fingerprint density at radius 2 is 2.08 bits per heavy atom. The predicted octanol–water partition coefficient (Wildman–Crippen LogP) is 2.79. The van der Waals surface area contributed by atoms with Crippen LogP contribution in [-0.2, 0) is 14.8 Å². The molecule has 1 N–H and O–H groups in total. The molecule has 1 aliphatic rings. The third-order valence-electron chi connectivity index (χ3n) is 4.63. The maximum atomic E-state index is 13.2. The summed E-state index contributed by atoms with van der Waals surface area (Å²) >= 11 is 0. The number of carbonyl (C=O) groups excluding carboxylic acids is 1. The molecule has 26 heavy (non-hydrogen) atoms. The van der Waals surface area contributed by atoms with Gasteiger partial charge in [-0.3, -0.25) is 4.79 Å². The first-order chi connectivity index (χ1) is 12.2. The molecule has 0 radical (unpaired) electrons. The molecule has 1 aromatic carbocycles. The minimum Gasteiger partial charge on any atom is -0.375 e. The molecular weight excluding hydrogens is 352 g/mol. The number of carbonyl (C=O) groups is 1. The van der Waals surface area contributed by atoms with E-state index in [-0.39, 0.29) is 22.4 Å². The molecule has 1 aromatic rings. The Morgan fingerprint density at radius 3 is 2.69 bits per heavy atom. The van der Waals surface area contributed by atoms with Crippen LogP contribution < -0.4 is 5.32 Å². The number of nitrogens with zero attached hydrogens (tertiary/aromatic N) is 1. The van der Waals surface area contributed by atoms with Gasteiger partial charge in [-0.2, -0.15) is 4.31 Å². The molecule has 1 atom stereocenters. The lowest BCUT2D eigenvalue weighted by Gasteiger charge is -2.40. The summed E-state index contributed by atoms with van der Waals surface area (Å²) < 4.78 is 33.7. The van der Waals surface area contributed by atoms with Crippen LogP contribution in [0.3, 0.4) is 0 Å². The van der Waals surface area contributed by atoms with Gasteiger partial charge >= 0.3 is 0 Å². The fraction of sp³-hybridized carbons (Fsp3) is 0.632. The zero-order chi connectivity index (χ0) is 19.4. The van der Waals surface area contributed by atoms with Gasteiger partial charge < -0.3 is 10.1 Å². The van der Waals surface area contributed by atoms with Crippen molar-refractivity contribution in [2.24, 2.45) is 0 Å². The van der Waals surface area contributed by atoms with Crippen LogP contribution in [0, 0.1) is 0 Å². The van der Waals surface area contributed by atoms with E-state index in [1.165, 1.54) is 6.07 Å². The summed E-state index contributed by atoms with van der Waals surface area (Å²) in [6, 6.07) is 6.17. The van der Waals surface area contributed by atoms with Crippen LogP contribution in [0.5, 0.6) is 0 Å². The molecule has 7 heteroatoms. The molecule has 2 rings (SSSR count). The highest BCUT2D eigenvalue weighted by Crippen LogP contribution is 2.30. The molecule has 0 spiro atoms. The first-order valence-corrected chi connectivity index (χ1v) is 10.7. The SMILES string of the molecule is CCCNC(=O)c1cccc(S(=O)(=O)N(CC)[C@H]2CCOC(C)(C)C2)c1. The lowest BCUT2D eigenvalue weighted by molar-refractivity contribution is -0.0724. The van der Waals surface area contributed by atoms with Crippen molar-refractivity contribution in [2.45, 2.75) is 63.5 Å². The van der Waals surface area contributed by atoms with E-state index in [0.717, 1.165) is 6.42 Å². The van der Waals surface area contributed by atoms with Gasteiger partial charge in [0.15, 0.2) is 0 Å². The first kappa shape index (κ1) is 20.9. The van der Waals surface area contributed by atoms with Gasteiger partial charge in [0.25, 0.3) is 5.91 Å². The summed E-state index contributed by atoms with van der Waals surface area (Å²) in [6.07, 6.45) is 2.15. The molecule has 6 nitrogen and oxygen atoms in total. The summed E-state index contributed by atoms with van der Waals surface area (Å²) in [5, 5.41) is 2.78. The van der Waals surface area contributed by atoms with Gasteiger partial charge in [0, 0.05) is 31.3 Å². The van der Waals surface area contributed by atoms with Crippen LogP contribution in [-0.4, -0.2) is 50.0 Å². The number of hydrogen-bond donors (Lipinski definition) is 1. The molecule has 1 saturated heterocycles. The predicted molar refractivity (Wildman–Crippen MR) is 102 cm³/mol. The number of nitrogens with one attached hydrogen (secondary N) is 1. The highest BCUT2D eigenvalue weighted by atomic mass is 32.2. The molecule has 0 unspecified atom stereocenters. The van der Waals surface area contributed by atoms with Gasteiger partial charge in [0.1, 0.15) is 0 Å². The summed E-state index contributed by atoms with van der Waals surface area (Å²) in [6.45, 7) is 9.27. The zero-order valence-electron chi connectivity index (χ0n) is 16.1. The number of sulfonamides is 1. The van der Waals surface area contributed by atoms with Gasteiger partial charge in [-0.15, -0.1) is 0 Å². The molecular formula is C19H30N2O4S. The maximum absolute atomic E-state index is 13.2. The third kappa shape index (κ3) is 4.84. The van der Waals surface area contributed by atoms with E-state index >= 15 is 0 Å². The molecule has 0 saturated carbocycles. The minimum atomic E-state index is -3.68. The number of rotatable bonds is 7. The van der Waals surface area contributed by atoms with Gasteiger partial charge in [-0.25, -0.2) is 8.42 Å². The molecule has 0 aliphatic carbocycles. The lowest BCUT2D eigenvalue weighted by Crippen LogP contribution is -2.48. The summed E-state index contributed by atoms with van der Waals surface area (Å²) in [5.41, 5.74) is 0.0242. The summed E-state index contributed by atoms with van der Waals surface area (Å²) in [7, 11) is -3.68. The largest absolute Gasteiger partial charge is 0.375 e. The molecule has 1 aliphatic heterocycles. The van der Waals surface area contributed by atoms with E-state index in [9.17, 15) is 13.2 Å². The van der Waals surface area contributed by atoms with E-state index in [1.807, 2.05) is 27.7 Å². The second-order valence-electron chi connectivity index (χ2n) is 7.25. The summed E-state index contributed by atoms with van der Waals surface area (Å²) in [5.74, 6) is -0.251. The lowest BCUT2D eigenvalue weighted by atomic mass is 9.94. The second-order valence-corrected chi connectivity index (χ2v) is 9.14. The second kappa shape index (κ2) is 8.50. The molecule has 1 heterocycles. The highest BCUT2D eigenvalue weighted by molar-refractivity contribution is 7.89. The minimum absolute atomic E-state index is 0.105. The van der Waals surface area contributed by atoms with Crippen LogP contribution >= 0.6 is 0 Å². The van der Waals surface area contributed by atoms with Gasteiger partial charge in [0.2, 0.25) is 10.0 Å². The smallest absolute Gasteiger partial charge is 0.251 e. The first-order valence-electron chi connectivity index (χ1n) is 9.25. The maximum Gasteiger partial charge on any atom is 0.251 e. The quantitative estimate of drug-likeness (QED) is 0.787. The van der Waals surface area contributed by atoms with E-state index in [0.29, 0.717) is 38.1 Å². The topological polar surface area (TPSA) is 75.7 Å². The van der Waals surface area contributed by atoms with Crippen LogP contribution in [0.2, 0.25) is 0 Å². The van der Waals surface area contributed by atoms with E-state index in [4.69, 9.17) is 4.74 Å². The molecule has 1 amide bonds. The Morgan fingerprint density at radius 1 is 1.35 bits per heavy atom. The Bertz CT molecular complexity index is 731. The van der Waals surface area contributed by atoms with E-state index in [2.05, 4.69) is 5.32 Å². The highest BCUT2D eigenvalue weighted by Gasteiger charge is 2.37. The van der Waals surface area contributed by atoms with Crippen LogP contribution in [0.15, 0.2) is 29.2 Å². The van der Waals surface area contributed by atoms with Crippen molar-refractivity contribution < 1.29 is 17.9 Å². The standard InChI is InChI=1S/C19H30N2O4S/c1-5-11-20-18(22)15-8-7-9-17(13-15)26(23,24)21(6-2)16-10-12-25-19(3,4)14-16/h7-9,13,16H,5-6,10-12,14H2,1-4H3,(H,20,22)/t16-/m0/s1. The third-order valence-corrected chi connectivity index (χ3v) is 6.65. The van der Waals surface area contributed by atoms with Crippen molar-refractivity contribution in [2.75, 3.05) is 19.7 Å². The van der Waals surface area contributed by atoms with Crippen LogP contribution in [0.25, 0.3) is 0 Å². The van der Waals surface area contributed by atoms with Crippen molar-refractivity contribution >= 4 is 15.9 Å². The molecule has 1 fully saturated rings. The number of hydrogen-bond acceptors (Lipinski definition) is 4. The van der Waals surface area contributed by atoms with Crippen molar-refractivity contribution in [1.82, 2.24) is 9.62 Å². The van der Waals surface area contributed by atoms with Crippen molar-refractivity contribution in [3.8, 4) is 0 Å². The molecule has 0 bridgehead atoms. The van der Waals surface area contributed by atoms with Crippen LogP contribution in [0.4, 0.5) is 0 Å². The van der Waals surface area contributed by atoms with Crippen LogP contribution in [0.1, 0.15) is 57.3 Å². The summed E-state index contributed by atoms with van der Waals surface area (Å²) in [4.78, 5) is 12.3. The van der Waals surface area contributed by atoms with Gasteiger partial charge in [-0.1, -0.05) is 19.9 Å². The fourth-order valence-electron chi connectivity index (χ4n) is 3.34. The van der Waals surface area contributed by atoms with Gasteiger partial charge in [-0.05, 0) is 51.3 Å². The monoisotopic (exact) mass is 382 g/mol.